The summed E-state index contributed by atoms with van der Waals surface area (Å²) in [6.07, 6.45) is 1.38. The van der Waals surface area contributed by atoms with Gasteiger partial charge in [-0.3, -0.25) is 4.79 Å². The van der Waals surface area contributed by atoms with Crippen molar-refractivity contribution < 1.29 is 18.3 Å². The van der Waals surface area contributed by atoms with Crippen molar-refractivity contribution in [2.24, 2.45) is 11.8 Å². The highest BCUT2D eigenvalue weighted by Gasteiger charge is 2.43. The molecule has 0 aromatic carbocycles. The molecule has 15 heavy (non-hydrogen) atoms. The Morgan fingerprint density at radius 1 is 1.47 bits per heavy atom. The Morgan fingerprint density at radius 3 is 2.67 bits per heavy atom. The molecule has 1 aliphatic carbocycles. The van der Waals surface area contributed by atoms with Gasteiger partial charge in [-0.05, 0) is 25.3 Å². The van der Waals surface area contributed by atoms with Crippen molar-refractivity contribution in [3.63, 3.8) is 0 Å². The van der Waals surface area contributed by atoms with Crippen LogP contribution in [-0.4, -0.2) is 43.6 Å². The van der Waals surface area contributed by atoms with E-state index in [0.29, 0.717) is 13.0 Å². The number of carboxylic acid groups (broad SMARTS) is 1. The molecule has 2 N–H and O–H groups in total. The molecule has 0 amide bonds. The van der Waals surface area contributed by atoms with Gasteiger partial charge in [0.1, 0.15) is 0 Å². The van der Waals surface area contributed by atoms with Crippen LogP contribution in [0.4, 0.5) is 0 Å². The number of aliphatic carboxylic acids is 1. The molecule has 3 atom stereocenters. The van der Waals surface area contributed by atoms with Crippen molar-refractivity contribution in [3.05, 3.63) is 0 Å². The predicted molar refractivity (Wildman–Crippen MR) is 54.3 cm³/mol. The molecular formula is C9H15NO4S. The molecule has 0 aromatic heterocycles. The van der Waals surface area contributed by atoms with E-state index in [0.717, 1.165) is 6.42 Å². The lowest BCUT2D eigenvalue weighted by molar-refractivity contribution is -0.138. The third kappa shape index (κ3) is 2.69. The normalized spacial score (nSPS) is 37.7. The molecule has 1 heterocycles. The maximum Gasteiger partial charge on any atom is 0.306 e. The van der Waals surface area contributed by atoms with Gasteiger partial charge in [0.25, 0.3) is 0 Å². The van der Waals surface area contributed by atoms with E-state index in [4.69, 9.17) is 5.11 Å². The molecule has 0 spiro atoms. The molecule has 1 saturated heterocycles. The van der Waals surface area contributed by atoms with E-state index in [2.05, 4.69) is 5.32 Å². The van der Waals surface area contributed by atoms with Crippen LogP contribution in [0.3, 0.4) is 0 Å². The quantitative estimate of drug-likeness (QED) is 0.683. The van der Waals surface area contributed by atoms with E-state index in [9.17, 15) is 13.2 Å². The fourth-order valence-corrected chi connectivity index (χ4v) is 3.76. The van der Waals surface area contributed by atoms with Gasteiger partial charge >= 0.3 is 5.97 Å². The SMILES string of the molecule is O=C(O)C1CC1CNC1CCS(=O)(=O)C1. The number of hydrogen-bond acceptors (Lipinski definition) is 4. The summed E-state index contributed by atoms with van der Waals surface area (Å²) in [4.78, 5) is 10.5. The fraction of sp³-hybridized carbons (Fsp3) is 0.889. The summed E-state index contributed by atoms with van der Waals surface area (Å²) >= 11 is 0. The monoisotopic (exact) mass is 233 g/mol. The largest absolute Gasteiger partial charge is 0.481 e. The minimum Gasteiger partial charge on any atom is -0.481 e. The third-order valence-electron chi connectivity index (χ3n) is 3.14. The van der Waals surface area contributed by atoms with Gasteiger partial charge in [-0.15, -0.1) is 0 Å². The van der Waals surface area contributed by atoms with Gasteiger partial charge in [0.05, 0.1) is 17.4 Å². The molecule has 2 aliphatic rings. The second kappa shape index (κ2) is 3.75. The van der Waals surface area contributed by atoms with Crippen LogP contribution in [0.25, 0.3) is 0 Å². The predicted octanol–water partition coefficient (Wildman–Crippen LogP) is -0.516. The molecule has 0 aromatic rings. The molecule has 86 valence electrons. The molecule has 3 unspecified atom stereocenters. The van der Waals surface area contributed by atoms with E-state index in [1.165, 1.54) is 0 Å². The average Bonchev–Trinajstić information content (AvgIpc) is 2.82. The zero-order valence-electron chi connectivity index (χ0n) is 8.35. The summed E-state index contributed by atoms with van der Waals surface area (Å²) < 4.78 is 22.3. The molecule has 5 nitrogen and oxygen atoms in total. The Bertz CT molecular complexity index is 364. The molecule has 6 heteroatoms. The molecule has 1 saturated carbocycles. The first-order valence-electron chi connectivity index (χ1n) is 5.14. The second-order valence-electron chi connectivity index (χ2n) is 4.45. The second-order valence-corrected chi connectivity index (χ2v) is 6.68. The maximum absolute atomic E-state index is 11.1. The molecular weight excluding hydrogens is 218 g/mol. The van der Waals surface area contributed by atoms with Gasteiger partial charge < -0.3 is 10.4 Å². The third-order valence-corrected chi connectivity index (χ3v) is 4.91. The first-order chi connectivity index (χ1) is 6.98. The summed E-state index contributed by atoms with van der Waals surface area (Å²) in [7, 11) is -2.83. The van der Waals surface area contributed by atoms with Gasteiger partial charge in [-0.25, -0.2) is 8.42 Å². The molecule has 0 radical (unpaired) electrons. The van der Waals surface area contributed by atoms with Crippen LogP contribution in [0.2, 0.25) is 0 Å². The molecule has 1 aliphatic heterocycles. The average molecular weight is 233 g/mol. The number of rotatable bonds is 4. The smallest absolute Gasteiger partial charge is 0.306 e. The Kier molecular flexibility index (Phi) is 2.72. The van der Waals surface area contributed by atoms with E-state index in [1.807, 2.05) is 0 Å². The van der Waals surface area contributed by atoms with Crippen LogP contribution in [0.5, 0.6) is 0 Å². The van der Waals surface area contributed by atoms with Crippen LogP contribution in [0.15, 0.2) is 0 Å². The van der Waals surface area contributed by atoms with E-state index >= 15 is 0 Å². The molecule has 2 rings (SSSR count). The van der Waals surface area contributed by atoms with E-state index < -0.39 is 15.8 Å². The zero-order valence-corrected chi connectivity index (χ0v) is 9.16. The minimum absolute atomic E-state index is 0.0324. The summed E-state index contributed by atoms with van der Waals surface area (Å²) in [5, 5.41) is 11.8. The summed E-state index contributed by atoms with van der Waals surface area (Å²) in [5.41, 5.74) is 0. The fourth-order valence-electron chi connectivity index (χ4n) is 2.05. The van der Waals surface area contributed by atoms with Crippen molar-refractivity contribution >= 4 is 15.8 Å². The van der Waals surface area contributed by atoms with Crippen LogP contribution >= 0.6 is 0 Å². The number of sulfone groups is 1. The van der Waals surface area contributed by atoms with Gasteiger partial charge in [0.2, 0.25) is 0 Å². The van der Waals surface area contributed by atoms with Crippen LogP contribution < -0.4 is 5.32 Å². The van der Waals surface area contributed by atoms with Crippen molar-refractivity contribution in [2.75, 3.05) is 18.1 Å². The first kappa shape index (κ1) is 10.9. The first-order valence-corrected chi connectivity index (χ1v) is 6.97. The highest BCUT2D eigenvalue weighted by Crippen LogP contribution is 2.38. The van der Waals surface area contributed by atoms with E-state index in [-0.39, 0.29) is 29.4 Å². The van der Waals surface area contributed by atoms with Crippen molar-refractivity contribution in [3.8, 4) is 0 Å². The van der Waals surface area contributed by atoms with Crippen LogP contribution in [0, 0.1) is 11.8 Å². The topological polar surface area (TPSA) is 83.5 Å². The van der Waals surface area contributed by atoms with Gasteiger partial charge in [-0.2, -0.15) is 0 Å². The van der Waals surface area contributed by atoms with E-state index in [1.54, 1.807) is 0 Å². The van der Waals surface area contributed by atoms with Crippen molar-refractivity contribution in [1.82, 2.24) is 5.32 Å². The lowest BCUT2D eigenvalue weighted by Gasteiger charge is -2.09. The molecule has 2 fully saturated rings. The Balaban J connectivity index is 1.70. The number of hydrogen-bond donors (Lipinski definition) is 2. The number of carbonyl (C=O) groups is 1. The maximum atomic E-state index is 11.1. The van der Waals surface area contributed by atoms with Crippen molar-refractivity contribution in [2.45, 2.75) is 18.9 Å². The van der Waals surface area contributed by atoms with Gasteiger partial charge in [0, 0.05) is 6.04 Å². The van der Waals surface area contributed by atoms with Crippen LogP contribution in [-0.2, 0) is 14.6 Å². The lowest BCUT2D eigenvalue weighted by atomic mass is 10.2. The van der Waals surface area contributed by atoms with Crippen molar-refractivity contribution in [1.29, 1.82) is 0 Å². The lowest BCUT2D eigenvalue weighted by Crippen LogP contribution is -2.32. The Morgan fingerprint density at radius 2 is 2.20 bits per heavy atom. The summed E-state index contributed by atoms with van der Waals surface area (Å²) in [6, 6.07) is 0.0324. The summed E-state index contributed by atoms with van der Waals surface area (Å²) in [5.74, 6) is -0.281. The number of carboxylic acids is 1. The standard InChI is InChI=1S/C9H15NO4S/c11-9(12)8-3-6(8)4-10-7-1-2-15(13,14)5-7/h6-8,10H,1-5H2,(H,11,12). The Hall–Kier alpha value is -0.620. The summed E-state index contributed by atoms with van der Waals surface area (Å²) in [6.45, 7) is 0.636. The highest BCUT2D eigenvalue weighted by atomic mass is 32.2. The van der Waals surface area contributed by atoms with Gasteiger partial charge in [-0.1, -0.05) is 0 Å². The Labute approximate surface area is 88.8 Å². The number of nitrogens with one attached hydrogen (secondary N) is 1. The van der Waals surface area contributed by atoms with Crippen LogP contribution in [0.1, 0.15) is 12.8 Å². The minimum atomic E-state index is -2.83. The highest BCUT2D eigenvalue weighted by molar-refractivity contribution is 7.91. The molecule has 0 bridgehead atoms. The van der Waals surface area contributed by atoms with Gasteiger partial charge in [0.15, 0.2) is 9.84 Å². The zero-order chi connectivity index (χ0) is 11.1.